The highest BCUT2D eigenvalue weighted by molar-refractivity contribution is 7.10. The molecule has 5 rings (SSSR count). The van der Waals surface area contributed by atoms with E-state index in [-0.39, 0.29) is 12.3 Å². The number of furan rings is 1. The summed E-state index contributed by atoms with van der Waals surface area (Å²) >= 11 is 1.69. The molecule has 23 heavy (non-hydrogen) atoms. The number of ether oxygens (including phenoxy) is 1. The maximum absolute atomic E-state index is 6.25. The second-order valence-corrected chi connectivity index (χ2v) is 6.63. The number of nitrogens with zero attached hydrogens (tertiary/aromatic N) is 2. The van der Waals surface area contributed by atoms with Crippen molar-refractivity contribution in [2.75, 3.05) is 0 Å². The van der Waals surface area contributed by atoms with Gasteiger partial charge in [0.1, 0.15) is 17.2 Å². The molecule has 0 radical (unpaired) electrons. The zero-order chi connectivity index (χ0) is 15.2. The Bertz CT molecular complexity index is 855. The zero-order valence-corrected chi connectivity index (χ0v) is 13.1. The van der Waals surface area contributed by atoms with Crippen molar-refractivity contribution in [3.05, 3.63) is 76.4 Å². The maximum Gasteiger partial charge on any atom is 0.222 e. The van der Waals surface area contributed by atoms with Crippen molar-refractivity contribution in [2.24, 2.45) is 5.10 Å². The van der Waals surface area contributed by atoms with E-state index in [2.05, 4.69) is 28.6 Å². The number of rotatable bonds is 2. The summed E-state index contributed by atoms with van der Waals surface area (Å²) in [7, 11) is 0. The number of hydrogen-bond donors (Lipinski definition) is 0. The Morgan fingerprint density at radius 1 is 1.09 bits per heavy atom. The molecule has 2 aromatic heterocycles. The van der Waals surface area contributed by atoms with Crippen LogP contribution in [0.4, 0.5) is 0 Å². The lowest BCUT2D eigenvalue weighted by atomic mass is 9.98. The summed E-state index contributed by atoms with van der Waals surface area (Å²) in [5.41, 5.74) is 2.16. The summed E-state index contributed by atoms with van der Waals surface area (Å²) in [4.78, 5) is 1.16. The molecule has 0 bridgehead atoms. The number of para-hydroxylation sites is 1. The molecular weight excluding hydrogens is 308 g/mol. The molecule has 0 saturated carbocycles. The van der Waals surface area contributed by atoms with Gasteiger partial charge in [0.25, 0.3) is 0 Å². The fourth-order valence-electron chi connectivity index (χ4n) is 3.25. The third-order valence-corrected chi connectivity index (χ3v) is 5.19. The first-order valence-electron chi connectivity index (χ1n) is 7.59. The molecule has 2 aliphatic rings. The van der Waals surface area contributed by atoms with Crippen molar-refractivity contribution in [2.45, 2.75) is 18.7 Å². The first-order chi connectivity index (χ1) is 11.4. The highest BCUT2D eigenvalue weighted by Crippen LogP contribution is 2.47. The van der Waals surface area contributed by atoms with Crippen LogP contribution in [-0.4, -0.2) is 10.7 Å². The molecule has 0 amide bonds. The van der Waals surface area contributed by atoms with Crippen LogP contribution in [0.2, 0.25) is 0 Å². The van der Waals surface area contributed by atoms with Crippen LogP contribution in [0.5, 0.6) is 5.75 Å². The molecule has 0 N–H and O–H groups in total. The van der Waals surface area contributed by atoms with Gasteiger partial charge >= 0.3 is 0 Å². The predicted octanol–water partition coefficient (Wildman–Crippen LogP) is 4.58. The summed E-state index contributed by atoms with van der Waals surface area (Å²) in [6, 6.07) is 16.4. The summed E-state index contributed by atoms with van der Waals surface area (Å²) in [6.45, 7) is 0. The van der Waals surface area contributed by atoms with E-state index in [1.807, 2.05) is 30.3 Å². The van der Waals surface area contributed by atoms with Crippen LogP contribution in [0.15, 0.2) is 69.7 Å². The van der Waals surface area contributed by atoms with Crippen LogP contribution in [0.3, 0.4) is 0 Å². The lowest BCUT2D eigenvalue weighted by Gasteiger charge is -2.37. The van der Waals surface area contributed by atoms with Crippen molar-refractivity contribution in [3.63, 3.8) is 0 Å². The third-order valence-electron chi connectivity index (χ3n) is 4.29. The first-order valence-corrected chi connectivity index (χ1v) is 8.47. The van der Waals surface area contributed by atoms with Gasteiger partial charge < -0.3 is 9.15 Å². The Hall–Kier alpha value is -2.53. The Morgan fingerprint density at radius 3 is 2.87 bits per heavy atom. The van der Waals surface area contributed by atoms with Gasteiger partial charge in [0.05, 0.1) is 17.2 Å². The second kappa shape index (κ2) is 4.99. The van der Waals surface area contributed by atoms with Gasteiger partial charge in [-0.25, -0.2) is 5.01 Å². The van der Waals surface area contributed by atoms with Crippen LogP contribution in [0.1, 0.15) is 34.9 Å². The van der Waals surface area contributed by atoms with E-state index in [0.29, 0.717) is 0 Å². The molecule has 1 aromatic carbocycles. The second-order valence-electron chi connectivity index (χ2n) is 5.65. The highest BCUT2D eigenvalue weighted by atomic mass is 32.1. The molecule has 0 unspecified atom stereocenters. The van der Waals surface area contributed by atoms with E-state index < -0.39 is 0 Å². The molecule has 3 aromatic rings. The molecule has 5 heteroatoms. The van der Waals surface area contributed by atoms with E-state index in [4.69, 9.17) is 14.3 Å². The summed E-state index contributed by atoms with van der Waals surface area (Å²) in [5.74, 6) is 1.78. The normalized spacial score (nSPS) is 22.3. The number of hydrogen-bond acceptors (Lipinski definition) is 5. The topological polar surface area (TPSA) is 38.0 Å². The van der Waals surface area contributed by atoms with Crippen molar-refractivity contribution >= 4 is 17.0 Å². The maximum atomic E-state index is 6.25. The Labute approximate surface area is 137 Å². The summed E-state index contributed by atoms with van der Waals surface area (Å²) < 4.78 is 11.8. The predicted molar refractivity (Wildman–Crippen MR) is 88.6 cm³/mol. The van der Waals surface area contributed by atoms with Crippen molar-refractivity contribution in [1.82, 2.24) is 5.01 Å². The molecule has 0 fully saturated rings. The van der Waals surface area contributed by atoms with Gasteiger partial charge in [0.2, 0.25) is 6.23 Å². The highest BCUT2D eigenvalue weighted by Gasteiger charge is 2.41. The molecule has 2 aliphatic heterocycles. The van der Waals surface area contributed by atoms with E-state index in [1.54, 1.807) is 17.6 Å². The quantitative estimate of drug-likeness (QED) is 0.693. The molecule has 0 aliphatic carbocycles. The van der Waals surface area contributed by atoms with Crippen LogP contribution < -0.4 is 4.74 Å². The van der Waals surface area contributed by atoms with Gasteiger partial charge in [-0.3, -0.25) is 0 Å². The standard InChI is InChI=1S/C18H14N2O2S/c1-2-6-15-12(5-1)14-11-13(16-7-3-9-21-16)19-20(14)18(22-15)17-8-4-10-23-17/h1-10,14,18H,11H2/t14-,18+/m1/s1. The minimum atomic E-state index is -0.178. The fourth-order valence-corrected chi connectivity index (χ4v) is 3.99. The van der Waals surface area contributed by atoms with Crippen LogP contribution in [0.25, 0.3) is 0 Å². The van der Waals surface area contributed by atoms with Gasteiger partial charge in [-0.1, -0.05) is 24.3 Å². The summed E-state index contributed by atoms with van der Waals surface area (Å²) in [5, 5.41) is 8.97. The minimum Gasteiger partial charge on any atom is -0.464 e. The first kappa shape index (κ1) is 13.0. The average Bonchev–Trinajstić information content (AvgIpc) is 3.34. The molecule has 4 nitrogen and oxygen atoms in total. The number of hydrazone groups is 1. The van der Waals surface area contributed by atoms with Crippen LogP contribution >= 0.6 is 11.3 Å². The van der Waals surface area contributed by atoms with Gasteiger partial charge in [-0.15, -0.1) is 11.3 Å². The fraction of sp³-hybridized carbons (Fsp3) is 0.167. The van der Waals surface area contributed by atoms with Gasteiger partial charge in [0.15, 0.2) is 0 Å². The van der Waals surface area contributed by atoms with Gasteiger partial charge in [0, 0.05) is 12.0 Å². The summed E-state index contributed by atoms with van der Waals surface area (Å²) in [6.07, 6.45) is 2.34. The third kappa shape index (κ3) is 2.00. The van der Waals surface area contributed by atoms with Gasteiger partial charge in [-0.2, -0.15) is 5.10 Å². The van der Waals surface area contributed by atoms with Crippen molar-refractivity contribution in [1.29, 1.82) is 0 Å². The van der Waals surface area contributed by atoms with Crippen molar-refractivity contribution in [3.8, 4) is 5.75 Å². The van der Waals surface area contributed by atoms with Crippen LogP contribution in [-0.2, 0) is 0 Å². The molecule has 2 atom stereocenters. The zero-order valence-electron chi connectivity index (χ0n) is 12.3. The molecule has 0 saturated heterocycles. The van der Waals surface area contributed by atoms with Gasteiger partial charge in [-0.05, 0) is 29.6 Å². The minimum absolute atomic E-state index is 0.178. The molecule has 4 heterocycles. The largest absolute Gasteiger partial charge is 0.464 e. The number of thiophene rings is 1. The molecular formula is C18H14N2O2S. The smallest absolute Gasteiger partial charge is 0.222 e. The lowest BCUT2D eigenvalue weighted by molar-refractivity contribution is -0.0165. The van der Waals surface area contributed by atoms with E-state index in [9.17, 15) is 0 Å². The molecule has 114 valence electrons. The number of benzene rings is 1. The van der Waals surface area contributed by atoms with Crippen molar-refractivity contribution < 1.29 is 9.15 Å². The number of fused-ring (bicyclic) bond motifs is 3. The van der Waals surface area contributed by atoms with E-state index in [1.165, 1.54) is 5.56 Å². The van der Waals surface area contributed by atoms with E-state index >= 15 is 0 Å². The lowest BCUT2D eigenvalue weighted by Crippen LogP contribution is -2.33. The Balaban J connectivity index is 1.62. The average molecular weight is 322 g/mol. The Morgan fingerprint density at radius 2 is 2.04 bits per heavy atom. The SMILES string of the molecule is c1coc(C2=NN3[C@H](C2)c2ccccc2O[C@H]3c2cccs2)c1. The molecule has 0 spiro atoms. The van der Waals surface area contributed by atoms with E-state index in [0.717, 1.165) is 28.5 Å². The monoisotopic (exact) mass is 322 g/mol. The van der Waals surface area contributed by atoms with Crippen LogP contribution in [0, 0.1) is 0 Å². The Kier molecular flexibility index (Phi) is 2.81.